The second-order valence-electron chi connectivity index (χ2n) is 5.13. The molecule has 0 radical (unpaired) electrons. The van der Waals surface area contributed by atoms with Crippen molar-refractivity contribution < 1.29 is 9.47 Å². The quantitative estimate of drug-likeness (QED) is 0.531. The fourth-order valence-electron chi connectivity index (χ4n) is 1.81. The van der Waals surface area contributed by atoms with Crippen LogP contribution in [0.4, 0.5) is 0 Å². The molecule has 1 saturated heterocycles. The van der Waals surface area contributed by atoms with Gasteiger partial charge in [-0.1, -0.05) is 31.9 Å². The third kappa shape index (κ3) is 4.04. The molecule has 1 unspecified atom stereocenters. The third-order valence-corrected chi connectivity index (χ3v) is 3.15. The average molecular weight is 234 g/mol. The molecule has 1 aromatic rings. The largest absolute Gasteiger partial charge is 0.490 e. The van der Waals surface area contributed by atoms with E-state index in [0.29, 0.717) is 6.61 Å². The fraction of sp³-hybridized carbons (Fsp3) is 0.600. The molecule has 2 rings (SSSR count). The Hall–Kier alpha value is -1.02. The van der Waals surface area contributed by atoms with Crippen LogP contribution in [0, 0.1) is 0 Å². The summed E-state index contributed by atoms with van der Waals surface area (Å²) in [5.41, 5.74) is 1.34. The zero-order valence-electron chi connectivity index (χ0n) is 10.9. The first-order valence-corrected chi connectivity index (χ1v) is 6.57. The predicted molar refractivity (Wildman–Crippen MR) is 69.5 cm³/mol. The van der Waals surface area contributed by atoms with Crippen LogP contribution in [0.15, 0.2) is 24.3 Å². The maximum Gasteiger partial charge on any atom is 0.123 e. The van der Waals surface area contributed by atoms with Gasteiger partial charge in [0.1, 0.15) is 18.0 Å². The summed E-state index contributed by atoms with van der Waals surface area (Å²) in [6, 6.07) is 8.43. The Morgan fingerprint density at radius 3 is 2.88 bits per heavy atom. The highest BCUT2D eigenvalue weighted by molar-refractivity contribution is 5.28. The first-order valence-electron chi connectivity index (χ1n) is 6.57. The standard InChI is InChI=1S/C15H22O2/c1-3-4-5-7-13-8-6-9-14(10-13)16-11-15(2)12-17-15/h6,8-10H,3-5,7,11-12H2,1-2H3. The van der Waals surface area contributed by atoms with Crippen molar-refractivity contribution in [1.82, 2.24) is 0 Å². The van der Waals surface area contributed by atoms with Crippen molar-refractivity contribution in [3.63, 3.8) is 0 Å². The van der Waals surface area contributed by atoms with Gasteiger partial charge in [-0.2, -0.15) is 0 Å². The molecule has 0 aliphatic carbocycles. The SMILES string of the molecule is CCCCCc1cccc(OCC2(C)CO2)c1. The van der Waals surface area contributed by atoms with E-state index in [1.54, 1.807) is 0 Å². The van der Waals surface area contributed by atoms with Gasteiger partial charge in [0.25, 0.3) is 0 Å². The second-order valence-corrected chi connectivity index (χ2v) is 5.13. The summed E-state index contributed by atoms with van der Waals surface area (Å²) in [5, 5.41) is 0. The molecule has 1 heterocycles. The number of benzene rings is 1. The van der Waals surface area contributed by atoms with Gasteiger partial charge in [0.05, 0.1) is 6.61 Å². The average Bonchev–Trinajstić information content (AvgIpc) is 3.07. The van der Waals surface area contributed by atoms with Crippen molar-refractivity contribution >= 4 is 0 Å². The number of rotatable bonds is 7. The zero-order valence-corrected chi connectivity index (χ0v) is 10.9. The van der Waals surface area contributed by atoms with E-state index >= 15 is 0 Å². The van der Waals surface area contributed by atoms with E-state index in [1.807, 2.05) is 6.07 Å². The Kier molecular flexibility index (Phi) is 4.06. The summed E-state index contributed by atoms with van der Waals surface area (Å²) in [4.78, 5) is 0. The number of epoxide rings is 1. The summed E-state index contributed by atoms with van der Waals surface area (Å²) in [6.07, 6.45) is 4.99. The molecule has 0 bridgehead atoms. The molecule has 1 aromatic carbocycles. The van der Waals surface area contributed by atoms with Crippen molar-refractivity contribution in [2.75, 3.05) is 13.2 Å². The molecule has 1 aliphatic rings. The van der Waals surface area contributed by atoms with Gasteiger partial charge in [-0.05, 0) is 37.5 Å². The van der Waals surface area contributed by atoms with Gasteiger partial charge in [0.2, 0.25) is 0 Å². The third-order valence-electron chi connectivity index (χ3n) is 3.15. The molecule has 17 heavy (non-hydrogen) atoms. The molecule has 0 saturated carbocycles. The first kappa shape index (κ1) is 12.4. The highest BCUT2D eigenvalue weighted by Crippen LogP contribution is 2.27. The number of unbranched alkanes of at least 4 members (excludes halogenated alkanes) is 2. The molecule has 94 valence electrons. The Morgan fingerprint density at radius 2 is 2.18 bits per heavy atom. The molecule has 2 nitrogen and oxygen atoms in total. The van der Waals surface area contributed by atoms with Crippen LogP contribution < -0.4 is 4.74 Å². The Labute approximate surface area is 104 Å². The summed E-state index contributed by atoms with van der Waals surface area (Å²) in [5.74, 6) is 0.968. The molecular weight excluding hydrogens is 212 g/mol. The lowest BCUT2D eigenvalue weighted by Crippen LogP contribution is -2.16. The molecule has 2 heteroatoms. The van der Waals surface area contributed by atoms with Crippen LogP contribution in [0.2, 0.25) is 0 Å². The fourth-order valence-corrected chi connectivity index (χ4v) is 1.81. The molecular formula is C15H22O2. The van der Waals surface area contributed by atoms with Gasteiger partial charge in [0, 0.05) is 0 Å². The maximum atomic E-state index is 5.75. The van der Waals surface area contributed by atoms with E-state index in [4.69, 9.17) is 9.47 Å². The van der Waals surface area contributed by atoms with Crippen LogP contribution in [0.25, 0.3) is 0 Å². The highest BCUT2D eigenvalue weighted by atomic mass is 16.6. The minimum absolute atomic E-state index is 0.0295. The summed E-state index contributed by atoms with van der Waals surface area (Å²) in [7, 11) is 0. The van der Waals surface area contributed by atoms with E-state index in [1.165, 1.54) is 24.8 Å². The second kappa shape index (κ2) is 5.54. The lowest BCUT2D eigenvalue weighted by molar-refractivity contribution is 0.202. The summed E-state index contributed by atoms with van der Waals surface area (Å²) in [6.45, 7) is 5.79. The smallest absolute Gasteiger partial charge is 0.123 e. The van der Waals surface area contributed by atoms with Crippen LogP contribution in [0.1, 0.15) is 38.7 Å². The predicted octanol–water partition coefficient (Wildman–Crippen LogP) is 3.59. The minimum Gasteiger partial charge on any atom is -0.490 e. The maximum absolute atomic E-state index is 5.75. The van der Waals surface area contributed by atoms with Crippen LogP contribution in [0.3, 0.4) is 0 Å². The van der Waals surface area contributed by atoms with Crippen LogP contribution >= 0.6 is 0 Å². The van der Waals surface area contributed by atoms with E-state index in [2.05, 4.69) is 32.0 Å². The molecule has 0 N–H and O–H groups in total. The number of hydrogen-bond acceptors (Lipinski definition) is 2. The molecule has 0 amide bonds. The lowest BCUT2D eigenvalue weighted by atomic mass is 10.1. The van der Waals surface area contributed by atoms with E-state index in [9.17, 15) is 0 Å². The van der Waals surface area contributed by atoms with Crippen LogP contribution in [0.5, 0.6) is 5.75 Å². The Morgan fingerprint density at radius 1 is 1.35 bits per heavy atom. The van der Waals surface area contributed by atoms with Crippen molar-refractivity contribution in [3.8, 4) is 5.75 Å². The normalized spacial score (nSPS) is 22.5. The van der Waals surface area contributed by atoms with Crippen LogP contribution in [-0.4, -0.2) is 18.8 Å². The van der Waals surface area contributed by atoms with Crippen molar-refractivity contribution in [1.29, 1.82) is 0 Å². The number of hydrogen-bond donors (Lipinski definition) is 0. The number of ether oxygens (including phenoxy) is 2. The zero-order chi connectivity index (χ0) is 12.1. The molecule has 0 spiro atoms. The van der Waals surface area contributed by atoms with Gasteiger partial charge >= 0.3 is 0 Å². The van der Waals surface area contributed by atoms with Crippen LogP contribution in [-0.2, 0) is 11.2 Å². The van der Waals surface area contributed by atoms with Gasteiger partial charge in [-0.3, -0.25) is 0 Å². The molecule has 1 fully saturated rings. The number of aryl methyl sites for hydroxylation is 1. The van der Waals surface area contributed by atoms with Gasteiger partial charge in [-0.15, -0.1) is 0 Å². The van der Waals surface area contributed by atoms with E-state index in [0.717, 1.165) is 18.8 Å². The highest BCUT2D eigenvalue weighted by Gasteiger charge is 2.40. The van der Waals surface area contributed by atoms with Crippen molar-refractivity contribution in [2.45, 2.75) is 45.1 Å². The van der Waals surface area contributed by atoms with Gasteiger partial charge < -0.3 is 9.47 Å². The first-order chi connectivity index (χ1) is 8.22. The van der Waals surface area contributed by atoms with Gasteiger partial charge in [0.15, 0.2) is 0 Å². The molecule has 0 aromatic heterocycles. The van der Waals surface area contributed by atoms with Gasteiger partial charge in [-0.25, -0.2) is 0 Å². The monoisotopic (exact) mass is 234 g/mol. The van der Waals surface area contributed by atoms with E-state index in [-0.39, 0.29) is 5.60 Å². The van der Waals surface area contributed by atoms with E-state index < -0.39 is 0 Å². The summed E-state index contributed by atoms with van der Waals surface area (Å²) < 4.78 is 11.1. The van der Waals surface area contributed by atoms with Crippen molar-refractivity contribution in [3.05, 3.63) is 29.8 Å². The topological polar surface area (TPSA) is 21.8 Å². The Bertz CT molecular complexity index is 356. The minimum atomic E-state index is -0.0295. The lowest BCUT2D eigenvalue weighted by Gasteiger charge is -2.10. The Balaban J connectivity index is 1.82. The summed E-state index contributed by atoms with van der Waals surface area (Å²) >= 11 is 0. The molecule has 1 aliphatic heterocycles. The molecule has 1 atom stereocenters. The van der Waals surface area contributed by atoms with Crippen molar-refractivity contribution in [2.24, 2.45) is 0 Å².